The summed E-state index contributed by atoms with van der Waals surface area (Å²) in [5.41, 5.74) is 1.66. The lowest BCUT2D eigenvalue weighted by Crippen LogP contribution is -2.50. The summed E-state index contributed by atoms with van der Waals surface area (Å²) >= 11 is 1.54. The van der Waals surface area contributed by atoms with Gasteiger partial charge in [0.15, 0.2) is 0 Å². The van der Waals surface area contributed by atoms with E-state index in [1.807, 2.05) is 25.1 Å². The number of carbonyl (C=O) groups is 2. The van der Waals surface area contributed by atoms with E-state index in [0.29, 0.717) is 5.56 Å². The van der Waals surface area contributed by atoms with Gasteiger partial charge in [0, 0.05) is 18.0 Å². The summed E-state index contributed by atoms with van der Waals surface area (Å²) in [5, 5.41) is 9.01. The molecule has 2 aliphatic rings. The van der Waals surface area contributed by atoms with Crippen LogP contribution in [0.25, 0.3) is 10.2 Å². The van der Waals surface area contributed by atoms with E-state index < -0.39 is 41.1 Å². The molecule has 0 spiro atoms. The van der Waals surface area contributed by atoms with E-state index in [9.17, 15) is 18.4 Å². The third-order valence-electron chi connectivity index (χ3n) is 6.19. The number of thiazole rings is 1. The second-order valence-electron chi connectivity index (χ2n) is 8.59. The molecular weight excluding hydrogens is 434 g/mol. The summed E-state index contributed by atoms with van der Waals surface area (Å²) < 4.78 is 30.1. The van der Waals surface area contributed by atoms with Crippen LogP contribution < -0.4 is 16.0 Å². The minimum atomic E-state index is -1.07. The van der Waals surface area contributed by atoms with Crippen molar-refractivity contribution in [2.75, 3.05) is 6.54 Å². The first kappa shape index (κ1) is 20.8. The first-order chi connectivity index (χ1) is 15.3. The van der Waals surface area contributed by atoms with Crippen LogP contribution >= 0.6 is 11.3 Å². The van der Waals surface area contributed by atoms with Gasteiger partial charge in [-0.25, -0.2) is 18.6 Å². The van der Waals surface area contributed by atoms with Crippen molar-refractivity contribution >= 4 is 33.5 Å². The quantitative estimate of drug-likeness (QED) is 0.559. The van der Waals surface area contributed by atoms with Gasteiger partial charge in [-0.15, -0.1) is 11.3 Å². The Morgan fingerprint density at radius 3 is 2.59 bits per heavy atom. The second-order valence-corrected chi connectivity index (χ2v) is 9.62. The Balaban J connectivity index is 1.36. The molecule has 6 nitrogen and oxygen atoms in total. The first-order valence-electron chi connectivity index (χ1n) is 10.5. The van der Waals surface area contributed by atoms with Crippen molar-refractivity contribution in [2.24, 2.45) is 0 Å². The van der Waals surface area contributed by atoms with Crippen molar-refractivity contribution in [2.45, 2.75) is 44.2 Å². The van der Waals surface area contributed by atoms with E-state index in [-0.39, 0.29) is 12.1 Å². The van der Waals surface area contributed by atoms with Crippen molar-refractivity contribution in [3.05, 3.63) is 63.7 Å². The van der Waals surface area contributed by atoms with Crippen molar-refractivity contribution in [3.8, 4) is 0 Å². The number of halogens is 2. The van der Waals surface area contributed by atoms with E-state index in [0.717, 1.165) is 33.6 Å². The lowest BCUT2D eigenvalue weighted by molar-refractivity contribution is -0.120. The van der Waals surface area contributed by atoms with E-state index in [1.165, 1.54) is 23.5 Å². The molecule has 1 saturated carbocycles. The summed E-state index contributed by atoms with van der Waals surface area (Å²) in [4.78, 5) is 30.0. The van der Waals surface area contributed by atoms with Gasteiger partial charge in [0.1, 0.15) is 22.7 Å². The van der Waals surface area contributed by atoms with Gasteiger partial charge in [-0.2, -0.15) is 0 Å². The average molecular weight is 457 g/mol. The van der Waals surface area contributed by atoms with Crippen LogP contribution in [0.3, 0.4) is 0 Å². The van der Waals surface area contributed by atoms with Crippen molar-refractivity contribution in [1.29, 1.82) is 0 Å². The van der Waals surface area contributed by atoms with E-state index in [2.05, 4.69) is 16.0 Å². The fraction of sp³-hybridized carbons (Fsp3) is 0.348. The smallest absolute Gasteiger partial charge is 0.316 e. The number of aryl methyl sites for hydroxylation is 2. The van der Waals surface area contributed by atoms with Gasteiger partial charge in [0.2, 0.25) is 5.91 Å². The zero-order valence-electron chi connectivity index (χ0n) is 17.6. The normalized spacial score (nSPS) is 21.4. The molecule has 1 aliphatic carbocycles. The molecule has 9 heteroatoms. The highest BCUT2D eigenvalue weighted by Crippen LogP contribution is 2.48. The van der Waals surface area contributed by atoms with Gasteiger partial charge in [0.25, 0.3) is 0 Å². The minimum Gasteiger partial charge on any atom is -0.354 e. The lowest BCUT2D eigenvalue weighted by atomic mass is 9.92. The molecule has 2 fully saturated rings. The maximum absolute atomic E-state index is 14.5. The number of hydrogen-bond donors (Lipinski definition) is 3. The molecule has 2 aromatic carbocycles. The Bertz CT molecular complexity index is 1230. The van der Waals surface area contributed by atoms with Crippen molar-refractivity contribution in [1.82, 2.24) is 20.9 Å². The molecular formula is C23H22F2N4O2S. The summed E-state index contributed by atoms with van der Waals surface area (Å²) in [6, 6.07) is 6.79. The Labute approximate surface area is 187 Å². The molecule has 2 atom stereocenters. The SMILES string of the molecule is Cc1cc(F)c([C@@H]2CNC(=O)[C@H]2NC(=O)NC2(c3nc4c(C)cccc4s3)CC2)c(F)c1. The third kappa shape index (κ3) is 3.50. The van der Waals surface area contributed by atoms with Gasteiger partial charge >= 0.3 is 6.03 Å². The summed E-state index contributed by atoms with van der Waals surface area (Å²) in [6.45, 7) is 3.63. The molecule has 3 aromatic rings. The number of aromatic nitrogens is 1. The second kappa shape index (κ2) is 7.51. The summed E-state index contributed by atoms with van der Waals surface area (Å²) in [7, 11) is 0. The minimum absolute atomic E-state index is 0.0446. The Hall–Kier alpha value is -3.07. The number of nitrogens with zero attached hydrogens (tertiary/aromatic N) is 1. The number of fused-ring (bicyclic) bond motifs is 1. The number of amides is 3. The number of para-hydroxylation sites is 1. The van der Waals surface area contributed by atoms with Gasteiger partial charge in [-0.3, -0.25) is 4.79 Å². The lowest BCUT2D eigenvalue weighted by Gasteiger charge is -2.22. The standard InChI is InChI=1S/C23H22F2N4O2S/c1-11-8-14(24)17(15(25)9-11)13-10-26-20(30)19(13)28-22(31)29-23(6-7-23)21-27-18-12(2)4-3-5-16(18)32-21/h3-5,8-9,13,19H,6-7,10H2,1-2H3,(H,26,30)(H2,28,29,31)/t13-,19-/m0/s1. The fourth-order valence-electron chi connectivity index (χ4n) is 4.32. The van der Waals surface area contributed by atoms with Crippen LogP contribution in [0, 0.1) is 25.5 Å². The van der Waals surface area contributed by atoms with Crippen molar-refractivity contribution < 1.29 is 18.4 Å². The van der Waals surface area contributed by atoms with E-state index >= 15 is 0 Å². The van der Waals surface area contributed by atoms with Crippen LogP contribution in [0.2, 0.25) is 0 Å². The largest absolute Gasteiger partial charge is 0.354 e. The van der Waals surface area contributed by atoms with E-state index in [4.69, 9.17) is 4.98 Å². The number of carbonyl (C=O) groups excluding carboxylic acids is 2. The Morgan fingerprint density at radius 2 is 1.94 bits per heavy atom. The Morgan fingerprint density at radius 1 is 1.22 bits per heavy atom. The Kier molecular flexibility index (Phi) is 4.88. The zero-order valence-corrected chi connectivity index (χ0v) is 18.4. The van der Waals surface area contributed by atoms with Crippen LogP contribution in [0.4, 0.5) is 13.6 Å². The topological polar surface area (TPSA) is 83.1 Å². The highest BCUT2D eigenvalue weighted by Gasteiger charge is 2.49. The first-order valence-corrected chi connectivity index (χ1v) is 11.3. The molecule has 1 aromatic heterocycles. The maximum Gasteiger partial charge on any atom is 0.316 e. The molecule has 3 amide bonds. The van der Waals surface area contributed by atoms with Crippen LogP contribution in [0.1, 0.15) is 40.5 Å². The maximum atomic E-state index is 14.5. The monoisotopic (exact) mass is 456 g/mol. The number of nitrogens with one attached hydrogen (secondary N) is 3. The van der Waals surface area contributed by atoms with Gasteiger partial charge < -0.3 is 16.0 Å². The molecule has 0 bridgehead atoms. The zero-order chi connectivity index (χ0) is 22.6. The molecule has 5 rings (SSSR count). The number of rotatable bonds is 4. The predicted octanol–water partition coefficient (Wildman–Crippen LogP) is 3.76. The van der Waals surface area contributed by atoms with Crippen LogP contribution in [0.15, 0.2) is 30.3 Å². The number of urea groups is 1. The van der Waals surface area contributed by atoms with Crippen molar-refractivity contribution in [3.63, 3.8) is 0 Å². The predicted molar refractivity (Wildman–Crippen MR) is 118 cm³/mol. The molecule has 1 aliphatic heterocycles. The summed E-state index contributed by atoms with van der Waals surface area (Å²) in [5.74, 6) is -2.75. The van der Waals surface area contributed by atoms with E-state index in [1.54, 1.807) is 6.92 Å². The summed E-state index contributed by atoms with van der Waals surface area (Å²) in [6.07, 6.45) is 1.47. The molecule has 0 unspecified atom stereocenters. The molecule has 0 radical (unpaired) electrons. The van der Waals surface area contributed by atoms with Gasteiger partial charge in [-0.1, -0.05) is 12.1 Å². The molecule has 3 N–H and O–H groups in total. The van der Waals surface area contributed by atoms with Crippen LogP contribution in [0.5, 0.6) is 0 Å². The molecule has 2 heterocycles. The molecule has 32 heavy (non-hydrogen) atoms. The fourth-order valence-corrected chi connectivity index (χ4v) is 5.57. The number of benzene rings is 2. The van der Waals surface area contributed by atoms with Gasteiger partial charge in [-0.05, 0) is 56.0 Å². The number of hydrogen-bond acceptors (Lipinski definition) is 4. The average Bonchev–Trinajstić information content (AvgIpc) is 3.20. The van der Waals surface area contributed by atoms with Gasteiger partial charge in [0.05, 0.1) is 15.8 Å². The van der Waals surface area contributed by atoms with Crippen LogP contribution in [-0.2, 0) is 10.3 Å². The molecule has 166 valence electrons. The highest BCUT2D eigenvalue weighted by molar-refractivity contribution is 7.18. The van der Waals surface area contributed by atoms with Crippen LogP contribution in [-0.4, -0.2) is 29.5 Å². The molecule has 1 saturated heterocycles. The third-order valence-corrected chi connectivity index (χ3v) is 7.42. The highest BCUT2D eigenvalue weighted by atomic mass is 32.1.